The van der Waals surface area contributed by atoms with Crippen LogP contribution in [0.2, 0.25) is 0 Å². The van der Waals surface area contributed by atoms with Crippen LogP contribution >= 0.6 is 12.2 Å². The van der Waals surface area contributed by atoms with Crippen LogP contribution in [-0.2, 0) is 19.6 Å². The van der Waals surface area contributed by atoms with Gasteiger partial charge in [-0.3, -0.25) is 4.90 Å². The van der Waals surface area contributed by atoms with Crippen molar-refractivity contribution < 1.29 is 9.47 Å². The molecule has 1 aliphatic rings. The number of benzene rings is 2. The first-order valence-electron chi connectivity index (χ1n) is 10.4. The summed E-state index contributed by atoms with van der Waals surface area (Å²) in [4.78, 5) is 2.42. The lowest BCUT2D eigenvalue weighted by molar-refractivity contribution is 0.154. The van der Waals surface area contributed by atoms with Crippen LogP contribution in [0, 0.1) is 11.7 Å². The van der Waals surface area contributed by atoms with Crippen molar-refractivity contribution in [3.05, 3.63) is 82.4 Å². The molecule has 7 heteroatoms. The number of hydrogen-bond acceptors (Lipinski definition) is 5. The summed E-state index contributed by atoms with van der Waals surface area (Å²) in [5.74, 6) is 2.40. The molecule has 0 fully saturated rings. The van der Waals surface area contributed by atoms with Gasteiger partial charge >= 0.3 is 0 Å². The molecule has 0 amide bonds. The van der Waals surface area contributed by atoms with Crippen LogP contribution in [0.3, 0.4) is 0 Å². The Balaban J connectivity index is 1.78. The molecule has 2 aromatic carbocycles. The molecule has 31 heavy (non-hydrogen) atoms. The van der Waals surface area contributed by atoms with Gasteiger partial charge in [-0.1, -0.05) is 36.4 Å². The number of hydrogen-bond donors (Lipinski definition) is 0. The lowest BCUT2D eigenvalue weighted by atomic mass is 9.88. The van der Waals surface area contributed by atoms with E-state index in [0.717, 1.165) is 30.3 Å². The predicted molar refractivity (Wildman–Crippen MR) is 124 cm³/mol. The third-order valence-corrected chi connectivity index (χ3v) is 6.25. The summed E-state index contributed by atoms with van der Waals surface area (Å²) in [6.45, 7) is 7.97. The Morgan fingerprint density at radius 1 is 1.16 bits per heavy atom. The normalized spacial score (nSPS) is 16.0. The molecule has 2 heterocycles. The van der Waals surface area contributed by atoms with Crippen LogP contribution < -0.4 is 9.47 Å². The van der Waals surface area contributed by atoms with Gasteiger partial charge in [-0.2, -0.15) is 5.10 Å². The molecule has 1 atom stereocenters. The Hall–Kier alpha value is -2.90. The van der Waals surface area contributed by atoms with E-state index in [1.54, 1.807) is 14.2 Å². The van der Waals surface area contributed by atoms with Gasteiger partial charge in [0.05, 0.1) is 26.9 Å². The van der Waals surface area contributed by atoms with Crippen molar-refractivity contribution in [2.24, 2.45) is 0 Å². The van der Waals surface area contributed by atoms with E-state index >= 15 is 0 Å². The summed E-state index contributed by atoms with van der Waals surface area (Å²) in [6.07, 6.45) is 2.76. The molecular weight excluding hydrogens is 408 g/mol. The number of aryl methyl sites for hydroxylation is 1. The summed E-state index contributed by atoms with van der Waals surface area (Å²) >= 11 is 5.70. The van der Waals surface area contributed by atoms with Crippen LogP contribution in [0.15, 0.2) is 55.1 Å². The van der Waals surface area contributed by atoms with E-state index in [1.165, 1.54) is 16.7 Å². The highest BCUT2D eigenvalue weighted by molar-refractivity contribution is 7.71. The fourth-order valence-electron chi connectivity index (χ4n) is 4.33. The van der Waals surface area contributed by atoms with Gasteiger partial charge in [0.2, 0.25) is 0 Å². The minimum Gasteiger partial charge on any atom is -0.493 e. The van der Waals surface area contributed by atoms with E-state index in [-0.39, 0.29) is 6.04 Å². The lowest BCUT2D eigenvalue weighted by Gasteiger charge is -2.37. The Labute approximate surface area is 188 Å². The van der Waals surface area contributed by atoms with E-state index in [1.807, 2.05) is 28.3 Å². The van der Waals surface area contributed by atoms with Gasteiger partial charge in [0.15, 0.2) is 16.3 Å². The quantitative estimate of drug-likeness (QED) is 0.402. The minimum atomic E-state index is 0.0662. The summed E-state index contributed by atoms with van der Waals surface area (Å²) in [5, 5.41) is 4.71. The highest BCUT2D eigenvalue weighted by atomic mass is 32.1. The molecule has 0 bridgehead atoms. The van der Waals surface area contributed by atoms with Crippen LogP contribution in [0.1, 0.15) is 28.6 Å². The van der Waals surface area contributed by atoms with Gasteiger partial charge < -0.3 is 14.0 Å². The number of fused-ring (bicyclic) bond motifs is 1. The molecule has 4 rings (SSSR count). The summed E-state index contributed by atoms with van der Waals surface area (Å²) < 4.78 is 15.8. The molecule has 162 valence electrons. The molecule has 0 spiro atoms. The van der Waals surface area contributed by atoms with E-state index in [0.29, 0.717) is 18.0 Å². The molecule has 0 saturated carbocycles. The maximum Gasteiger partial charge on any atom is 0.199 e. The Kier molecular flexibility index (Phi) is 6.25. The minimum absolute atomic E-state index is 0.0662. The zero-order valence-electron chi connectivity index (χ0n) is 18.2. The monoisotopic (exact) mass is 436 g/mol. The second-order valence-electron chi connectivity index (χ2n) is 7.65. The largest absolute Gasteiger partial charge is 0.493 e. The Morgan fingerprint density at radius 3 is 2.55 bits per heavy atom. The van der Waals surface area contributed by atoms with Gasteiger partial charge in [0.25, 0.3) is 0 Å². The van der Waals surface area contributed by atoms with Crippen molar-refractivity contribution in [1.29, 1.82) is 0 Å². The lowest BCUT2D eigenvalue weighted by Crippen LogP contribution is -2.37. The summed E-state index contributed by atoms with van der Waals surface area (Å²) in [6, 6.07) is 14.8. The number of ether oxygens (including phenoxy) is 2. The molecule has 6 nitrogen and oxygen atoms in total. The average Bonchev–Trinajstić information content (AvgIpc) is 3.06. The van der Waals surface area contributed by atoms with Gasteiger partial charge in [-0.05, 0) is 54.4 Å². The first kappa shape index (κ1) is 21.3. The number of allylic oxidation sites excluding steroid dienone is 1. The van der Waals surface area contributed by atoms with E-state index in [9.17, 15) is 0 Å². The average molecular weight is 437 g/mol. The third kappa shape index (κ3) is 4.03. The highest BCUT2D eigenvalue weighted by Crippen LogP contribution is 2.41. The molecule has 0 saturated heterocycles. The first-order chi connectivity index (χ1) is 15.1. The highest BCUT2D eigenvalue weighted by Gasteiger charge is 2.31. The van der Waals surface area contributed by atoms with Crippen LogP contribution in [-0.4, -0.2) is 40.0 Å². The number of aromatic nitrogens is 3. The molecule has 1 aromatic heterocycles. The summed E-state index contributed by atoms with van der Waals surface area (Å²) in [7, 11) is 3.36. The van der Waals surface area contributed by atoms with Crippen molar-refractivity contribution in [3.63, 3.8) is 0 Å². The first-order valence-corrected chi connectivity index (χ1v) is 10.8. The molecule has 0 radical (unpaired) electrons. The van der Waals surface area contributed by atoms with Gasteiger partial charge in [0, 0.05) is 13.1 Å². The zero-order valence-corrected chi connectivity index (χ0v) is 19.1. The second-order valence-corrected chi connectivity index (χ2v) is 8.02. The number of nitrogens with zero attached hydrogens (tertiary/aromatic N) is 4. The SMILES string of the molecule is C=CCn1c(C)nn(CN2CCc3cc(OC)c(OC)cc3[C@H]2c2ccccc2)c1=S. The molecule has 0 aliphatic carbocycles. The fourth-order valence-corrected chi connectivity index (χ4v) is 4.63. The van der Waals surface area contributed by atoms with Crippen molar-refractivity contribution in [3.8, 4) is 11.5 Å². The second kappa shape index (κ2) is 9.08. The smallest absolute Gasteiger partial charge is 0.199 e. The maximum absolute atomic E-state index is 5.70. The number of methoxy groups -OCH3 is 2. The summed E-state index contributed by atoms with van der Waals surface area (Å²) in [5.41, 5.74) is 3.73. The molecule has 1 aliphatic heterocycles. The van der Waals surface area contributed by atoms with Crippen LogP contribution in [0.4, 0.5) is 0 Å². The van der Waals surface area contributed by atoms with Crippen molar-refractivity contribution >= 4 is 12.2 Å². The molecular formula is C24H28N4O2S. The van der Waals surface area contributed by atoms with E-state index < -0.39 is 0 Å². The van der Waals surface area contributed by atoms with Gasteiger partial charge in [0.1, 0.15) is 5.82 Å². The topological polar surface area (TPSA) is 44.5 Å². The predicted octanol–water partition coefficient (Wildman–Crippen LogP) is 4.53. The van der Waals surface area contributed by atoms with E-state index in [2.05, 4.69) is 47.9 Å². The fraction of sp³-hybridized carbons (Fsp3) is 0.333. The molecule has 0 unspecified atom stereocenters. The van der Waals surface area contributed by atoms with Crippen molar-refractivity contribution in [2.45, 2.75) is 32.6 Å². The van der Waals surface area contributed by atoms with Crippen molar-refractivity contribution in [2.75, 3.05) is 20.8 Å². The van der Waals surface area contributed by atoms with Crippen LogP contribution in [0.25, 0.3) is 0 Å². The van der Waals surface area contributed by atoms with Crippen molar-refractivity contribution in [1.82, 2.24) is 19.2 Å². The standard InChI is InChI=1S/C24H28N4O2S/c1-5-12-27-17(2)25-28(24(27)31)16-26-13-11-19-14-21(29-3)22(30-4)15-20(19)23(26)18-9-7-6-8-10-18/h5-10,14-15,23H,1,11-13,16H2,2-4H3/t23-/m1/s1. The van der Waals surface area contributed by atoms with Crippen LogP contribution in [0.5, 0.6) is 11.5 Å². The van der Waals surface area contributed by atoms with E-state index in [4.69, 9.17) is 26.8 Å². The molecule has 0 N–H and O–H groups in total. The third-order valence-electron chi connectivity index (χ3n) is 5.82. The molecule has 3 aromatic rings. The number of rotatable bonds is 7. The Bertz CT molecular complexity index is 1140. The zero-order chi connectivity index (χ0) is 22.0. The maximum atomic E-state index is 5.70. The van der Waals surface area contributed by atoms with Gasteiger partial charge in [-0.25, -0.2) is 4.68 Å². The van der Waals surface area contributed by atoms with Gasteiger partial charge in [-0.15, -0.1) is 6.58 Å². The Morgan fingerprint density at radius 2 is 1.87 bits per heavy atom.